The van der Waals surface area contributed by atoms with Crippen LogP contribution in [0.5, 0.6) is 11.5 Å². The van der Waals surface area contributed by atoms with Gasteiger partial charge in [0.2, 0.25) is 0 Å². The summed E-state index contributed by atoms with van der Waals surface area (Å²) in [5, 5.41) is 5.56. The lowest BCUT2D eigenvalue weighted by molar-refractivity contribution is 0.198. The molecule has 0 radical (unpaired) electrons. The van der Waals surface area contributed by atoms with Crippen LogP contribution >= 0.6 is 0 Å². The number of H-pyrrole nitrogens is 1. The molecule has 2 aromatic heterocycles. The molecule has 0 spiro atoms. The number of hydrogen-bond donors (Lipinski definition) is 3. The van der Waals surface area contributed by atoms with Crippen molar-refractivity contribution in [3.8, 4) is 11.5 Å². The van der Waals surface area contributed by atoms with E-state index < -0.39 is 23.4 Å². The van der Waals surface area contributed by atoms with Gasteiger partial charge in [-0.05, 0) is 24.0 Å². The first-order chi connectivity index (χ1) is 14.4. The summed E-state index contributed by atoms with van der Waals surface area (Å²) in [4.78, 5) is 19.1. The van der Waals surface area contributed by atoms with E-state index in [2.05, 4.69) is 34.4 Å². The third-order valence-electron chi connectivity index (χ3n) is 4.77. The van der Waals surface area contributed by atoms with Gasteiger partial charge in [-0.1, -0.05) is 13.8 Å². The minimum Gasteiger partial charge on any atom is -0.450 e. The number of hydrogen-bond acceptors (Lipinski definition) is 4. The van der Waals surface area contributed by atoms with Crippen molar-refractivity contribution in [1.82, 2.24) is 15.3 Å². The predicted octanol–water partition coefficient (Wildman–Crippen LogP) is 4.91. The zero-order valence-electron chi connectivity index (χ0n) is 17.0. The average molecular weight is 418 g/mol. The fourth-order valence-corrected chi connectivity index (χ4v) is 3.03. The normalized spacial score (nSPS) is 12.0. The van der Waals surface area contributed by atoms with Crippen LogP contribution in [0.3, 0.4) is 0 Å². The number of nitrogens with one attached hydrogen (secondary N) is 3. The van der Waals surface area contributed by atoms with Crippen LogP contribution in [-0.2, 0) is 4.74 Å². The maximum absolute atomic E-state index is 14.6. The molecule has 0 bridgehead atoms. The zero-order chi connectivity index (χ0) is 21.7. The number of carbonyl (C=O) groups excluding carboxylic acids is 1. The van der Waals surface area contributed by atoms with Crippen LogP contribution < -0.4 is 15.4 Å². The van der Waals surface area contributed by atoms with E-state index in [0.29, 0.717) is 23.4 Å². The Bertz CT molecular complexity index is 1020. The minimum atomic E-state index is -0.937. The monoisotopic (exact) mass is 418 g/mol. The molecule has 2 amide bonds. The predicted molar refractivity (Wildman–Crippen MR) is 110 cm³/mol. The van der Waals surface area contributed by atoms with Crippen molar-refractivity contribution in [2.45, 2.75) is 26.2 Å². The number of rotatable bonds is 8. The number of urea groups is 1. The molecule has 3 N–H and O–H groups in total. The second-order valence-corrected chi connectivity index (χ2v) is 6.83. The smallest absolute Gasteiger partial charge is 0.319 e. The van der Waals surface area contributed by atoms with Gasteiger partial charge < -0.3 is 25.1 Å². The zero-order valence-corrected chi connectivity index (χ0v) is 17.0. The number of anilines is 1. The molecule has 0 saturated carbocycles. The van der Waals surface area contributed by atoms with Gasteiger partial charge in [-0.15, -0.1) is 0 Å². The van der Waals surface area contributed by atoms with E-state index in [4.69, 9.17) is 9.47 Å². The Morgan fingerprint density at radius 1 is 1.30 bits per heavy atom. The lowest BCUT2D eigenvalue weighted by Gasteiger charge is -2.13. The maximum Gasteiger partial charge on any atom is 0.319 e. The number of aromatic amines is 1. The standard InChI is InChI=1S/C21H24F2N4O3/c1-4-12(2)14-11-26-20-18(14)17(5-6-24-20)30-19-15(22)9-13(10-16(19)23)27-21(28)25-7-8-29-3/h5-6,9-12H,4,7-8H2,1-3H3,(H,24,26)(H2,25,27,28). The van der Waals surface area contributed by atoms with E-state index in [1.54, 1.807) is 6.07 Å². The van der Waals surface area contributed by atoms with Crippen LogP contribution in [0.2, 0.25) is 0 Å². The molecule has 3 aromatic rings. The van der Waals surface area contributed by atoms with Gasteiger partial charge in [-0.25, -0.2) is 18.6 Å². The maximum atomic E-state index is 14.6. The molecule has 7 nitrogen and oxygen atoms in total. The van der Waals surface area contributed by atoms with E-state index in [-0.39, 0.29) is 18.2 Å². The third-order valence-corrected chi connectivity index (χ3v) is 4.77. The molecule has 0 saturated heterocycles. The van der Waals surface area contributed by atoms with Gasteiger partial charge in [-0.3, -0.25) is 0 Å². The summed E-state index contributed by atoms with van der Waals surface area (Å²) in [6.07, 6.45) is 4.22. The summed E-state index contributed by atoms with van der Waals surface area (Å²) in [5.74, 6) is -1.92. The number of amides is 2. The molecule has 1 unspecified atom stereocenters. The van der Waals surface area contributed by atoms with Crippen LogP contribution in [0.15, 0.2) is 30.6 Å². The number of halogens is 2. The number of benzene rings is 1. The van der Waals surface area contributed by atoms with Crippen molar-refractivity contribution in [3.63, 3.8) is 0 Å². The van der Waals surface area contributed by atoms with Crippen molar-refractivity contribution in [2.24, 2.45) is 0 Å². The summed E-state index contributed by atoms with van der Waals surface area (Å²) < 4.78 is 39.7. The summed E-state index contributed by atoms with van der Waals surface area (Å²) in [7, 11) is 1.50. The van der Waals surface area contributed by atoms with Gasteiger partial charge in [0.15, 0.2) is 17.4 Å². The number of carbonyl (C=O) groups is 1. The number of fused-ring (bicyclic) bond motifs is 1. The first-order valence-corrected chi connectivity index (χ1v) is 9.61. The summed E-state index contributed by atoms with van der Waals surface area (Å²) >= 11 is 0. The summed E-state index contributed by atoms with van der Waals surface area (Å²) in [6, 6.07) is 2.97. The van der Waals surface area contributed by atoms with E-state index in [1.165, 1.54) is 13.3 Å². The highest BCUT2D eigenvalue weighted by molar-refractivity contribution is 5.89. The second kappa shape index (κ2) is 9.53. The van der Waals surface area contributed by atoms with E-state index >= 15 is 0 Å². The molecule has 0 aliphatic carbocycles. The van der Waals surface area contributed by atoms with Crippen LogP contribution in [0.1, 0.15) is 31.7 Å². The van der Waals surface area contributed by atoms with Gasteiger partial charge >= 0.3 is 6.03 Å². The Balaban J connectivity index is 1.86. The number of nitrogens with zero attached hydrogens (tertiary/aromatic N) is 1. The highest BCUT2D eigenvalue weighted by Gasteiger charge is 2.19. The van der Waals surface area contributed by atoms with Gasteiger partial charge in [0.05, 0.1) is 12.0 Å². The molecule has 160 valence electrons. The Morgan fingerprint density at radius 2 is 2.03 bits per heavy atom. The molecule has 30 heavy (non-hydrogen) atoms. The molecule has 0 aliphatic heterocycles. The SMILES string of the molecule is CCC(C)c1c[nH]c2nccc(Oc3c(F)cc(NC(=O)NCCOC)cc3F)c12. The Hall–Kier alpha value is -3.20. The fraction of sp³-hybridized carbons (Fsp3) is 0.333. The van der Waals surface area contributed by atoms with E-state index in [0.717, 1.165) is 24.1 Å². The second-order valence-electron chi connectivity index (χ2n) is 6.83. The van der Waals surface area contributed by atoms with Crippen molar-refractivity contribution in [3.05, 3.63) is 47.8 Å². The first-order valence-electron chi connectivity index (χ1n) is 9.61. The van der Waals surface area contributed by atoms with Gasteiger partial charge in [0.1, 0.15) is 11.4 Å². The molecule has 0 aliphatic rings. The number of aromatic nitrogens is 2. The molecular formula is C21H24F2N4O3. The highest BCUT2D eigenvalue weighted by Crippen LogP contribution is 2.37. The van der Waals surface area contributed by atoms with Crippen LogP contribution in [-0.4, -0.2) is 36.3 Å². The Morgan fingerprint density at radius 3 is 2.70 bits per heavy atom. The lowest BCUT2D eigenvalue weighted by atomic mass is 9.98. The number of methoxy groups -OCH3 is 1. The van der Waals surface area contributed by atoms with Gasteiger partial charge in [0, 0.05) is 43.9 Å². The van der Waals surface area contributed by atoms with Gasteiger partial charge in [-0.2, -0.15) is 0 Å². The fourth-order valence-electron chi connectivity index (χ4n) is 3.03. The molecule has 0 fully saturated rings. The molecule has 3 rings (SSSR count). The van der Waals surface area contributed by atoms with Gasteiger partial charge in [0.25, 0.3) is 0 Å². The Kier molecular flexibility index (Phi) is 6.83. The quantitative estimate of drug-likeness (QED) is 0.453. The summed E-state index contributed by atoms with van der Waals surface area (Å²) in [5.41, 5.74) is 1.51. The third kappa shape index (κ3) is 4.68. The van der Waals surface area contributed by atoms with Crippen molar-refractivity contribution in [2.75, 3.05) is 25.6 Å². The van der Waals surface area contributed by atoms with Crippen LogP contribution in [0.4, 0.5) is 19.3 Å². The highest BCUT2D eigenvalue weighted by atomic mass is 19.1. The average Bonchev–Trinajstić information content (AvgIpc) is 3.15. The van der Waals surface area contributed by atoms with E-state index in [9.17, 15) is 13.6 Å². The van der Waals surface area contributed by atoms with Crippen LogP contribution in [0, 0.1) is 11.6 Å². The lowest BCUT2D eigenvalue weighted by Crippen LogP contribution is -2.31. The van der Waals surface area contributed by atoms with Crippen molar-refractivity contribution >= 4 is 22.8 Å². The largest absolute Gasteiger partial charge is 0.450 e. The molecule has 2 heterocycles. The molecule has 1 atom stereocenters. The molecule has 9 heteroatoms. The summed E-state index contributed by atoms with van der Waals surface area (Å²) in [6.45, 7) is 4.69. The van der Waals surface area contributed by atoms with E-state index in [1.807, 2.05) is 6.20 Å². The molecule has 1 aromatic carbocycles. The van der Waals surface area contributed by atoms with Crippen molar-refractivity contribution in [1.29, 1.82) is 0 Å². The first kappa shape index (κ1) is 21.5. The number of pyridine rings is 1. The molecular weight excluding hydrogens is 394 g/mol. The van der Waals surface area contributed by atoms with Crippen molar-refractivity contribution < 1.29 is 23.0 Å². The Labute approximate surface area is 172 Å². The minimum absolute atomic E-state index is 0.0333. The van der Waals surface area contributed by atoms with Crippen LogP contribution in [0.25, 0.3) is 11.0 Å². The number of ether oxygens (including phenoxy) is 2. The topological polar surface area (TPSA) is 88.3 Å².